The minimum absolute atomic E-state index is 0.0505. The number of rotatable bonds is 6. The number of benzene rings is 1. The molecule has 0 aliphatic rings. The standard InChI is InChI=1S/C11H16N4O3/c1-2-13-11(16)5-6-14-10-4-3-8(15(17)18)7-9(10)12/h3-4,7,14H,2,5-6,12H2,1H3,(H,13,16). The Morgan fingerprint density at radius 1 is 1.50 bits per heavy atom. The van der Waals surface area contributed by atoms with E-state index in [0.717, 1.165) is 0 Å². The monoisotopic (exact) mass is 252 g/mol. The second kappa shape index (κ2) is 6.43. The van der Waals surface area contributed by atoms with Gasteiger partial charge in [0.2, 0.25) is 5.91 Å². The molecule has 0 radical (unpaired) electrons. The summed E-state index contributed by atoms with van der Waals surface area (Å²) < 4.78 is 0. The zero-order valence-electron chi connectivity index (χ0n) is 10.1. The molecule has 1 aromatic carbocycles. The van der Waals surface area contributed by atoms with E-state index in [1.165, 1.54) is 18.2 Å². The van der Waals surface area contributed by atoms with Crippen LogP contribution in [0.15, 0.2) is 18.2 Å². The van der Waals surface area contributed by atoms with Gasteiger partial charge in [-0.25, -0.2) is 0 Å². The van der Waals surface area contributed by atoms with Crippen molar-refractivity contribution in [3.8, 4) is 0 Å². The van der Waals surface area contributed by atoms with Crippen LogP contribution in [0.5, 0.6) is 0 Å². The predicted octanol–water partition coefficient (Wildman–Crippen LogP) is 1.12. The van der Waals surface area contributed by atoms with Crippen molar-refractivity contribution in [2.45, 2.75) is 13.3 Å². The summed E-state index contributed by atoms with van der Waals surface area (Å²) in [5, 5.41) is 16.1. The van der Waals surface area contributed by atoms with Crippen LogP contribution in [0.2, 0.25) is 0 Å². The Balaban J connectivity index is 2.53. The van der Waals surface area contributed by atoms with E-state index in [9.17, 15) is 14.9 Å². The first kappa shape index (κ1) is 13.8. The van der Waals surface area contributed by atoms with Crippen LogP contribution in [0.4, 0.5) is 17.1 Å². The van der Waals surface area contributed by atoms with Gasteiger partial charge in [-0.3, -0.25) is 14.9 Å². The molecule has 0 atom stereocenters. The molecule has 0 fully saturated rings. The molecule has 98 valence electrons. The van der Waals surface area contributed by atoms with Gasteiger partial charge in [0.25, 0.3) is 5.69 Å². The molecule has 0 unspecified atom stereocenters. The van der Waals surface area contributed by atoms with Crippen LogP contribution in [-0.4, -0.2) is 23.9 Å². The lowest BCUT2D eigenvalue weighted by Crippen LogP contribution is -2.24. The average molecular weight is 252 g/mol. The van der Waals surface area contributed by atoms with Gasteiger partial charge in [0, 0.05) is 31.6 Å². The van der Waals surface area contributed by atoms with Crippen LogP contribution in [0.25, 0.3) is 0 Å². The second-order valence-corrected chi connectivity index (χ2v) is 3.66. The summed E-state index contributed by atoms with van der Waals surface area (Å²) in [5.74, 6) is -0.0505. The number of hydrogen-bond acceptors (Lipinski definition) is 5. The number of nitrogens with two attached hydrogens (primary N) is 1. The Bertz CT molecular complexity index is 448. The maximum Gasteiger partial charge on any atom is 0.271 e. The number of nitrogens with zero attached hydrogens (tertiary/aromatic N) is 1. The Morgan fingerprint density at radius 3 is 2.78 bits per heavy atom. The van der Waals surface area contributed by atoms with Gasteiger partial charge < -0.3 is 16.4 Å². The minimum Gasteiger partial charge on any atom is -0.397 e. The molecule has 1 amide bonds. The van der Waals surface area contributed by atoms with E-state index in [1.54, 1.807) is 0 Å². The van der Waals surface area contributed by atoms with Crippen LogP contribution in [0.3, 0.4) is 0 Å². The lowest BCUT2D eigenvalue weighted by Gasteiger charge is -2.08. The number of amides is 1. The highest BCUT2D eigenvalue weighted by Gasteiger charge is 2.08. The first-order valence-electron chi connectivity index (χ1n) is 5.59. The van der Waals surface area contributed by atoms with Crippen LogP contribution < -0.4 is 16.4 Å². The Kier molecular flexibility index (Phi) is 4.91. The number of anilines is 2. The van der Waals surface area contributed by atoms with E-state index in [2.05, 4.69) is 10.6 Å². The van der Waals surface area contributed by atoms with Crippen molar-refractivity contribution in [3.63, 3.8) is 0 Å². The Morgan fingerprint density at radius 2 is 2.22 bits per heavy atom. The maximum absolute atomic E-state index is 11.2. The van der Waals surface area contributed by atoms with E-state index in [1.807, 2.05) is 6.92 Å². The van der Waals surface area contributed by atoms with Crippen molar-refractivity contribution in [1.82, 2.24) is 5.32 Å². The number of nitro benzene ring substituents is 1. The zero-order chi connectivity index (χ0) is 13.5. The molecule has 18 heavy (non-hydrogen) atoms. The molecule has 0 aliphatic heterocycles. The van der Waals surface area contributed by atoms with Gasteiger partial charge >= 0.3 is 0 Å². The largest absolute Gasteiger partial charge is 0.397 e. The molecule has 7 heteroatoms. The van der Waals surface area contributed by atoms with Gasteiger partial charge in [0.15, 0.2) is 0 Å². The molecule has 1 aromatic rings. The minimum atomic E-state index is -0.505. The fraction of sp³-hybridized carbons (Fsp3) is 0.364. The van der Waals surface area contributed by atoms with Crippen molar-refractivity contribution in [3.05, 3.63) is 28.3 Å². The zero-order valence-corrected chi connectivity index (χ0v) is 10.1. The van der Waals surface area contributed by atoms with Crippen LogP contribution >= 0.6 is 0 Å². The number of hydrogen-bond donors (Lipinski definition) is 3. The molecular formula is C11H16N4O3. The third-order valence-electron chi connectivity index (χ3n) is 2.29. The molecule has 4 N–H and O–H groups in total. The molecule has 0 spiro atoms. The first-order chi connectivity index (χ1) is 8.54. The van der Waals surface area contributed by atoms with Crippen LogP contribution in [0.1, 0.15) is 13.3 Å². The van der Waals surface area contributed by atoms with Gasteiger partial charge in [0.1, 0.15) is 0 Å². The van der Waals surface area contributed by atoms with Crippen molar-refractivity contribution >= 4 is 23.0 Å². The lowest BCUT2D eigenvalue weighted by molar-refractivity contribution is -0.384. The molecule has 1 rings (SSSR count). The number of carbonyl (C=O) groups is 1. The fourth-order valence-electron chi connectivity index (χ4n) is 1.42. The number of nitrogens with one attached hydrogen (secondary N) is 2. The van der Waals surface area contributed by atoms with Gasteiger partial charge in [-0.05, 0) is 13.0 Å². The second-order valence-electron chi connectivity index (χ2n) is 3.66. The summed E-state index contributed by atoms with van der Waals surface area (Å²) in [6, 6.07) is 4.18. The van der Waals surface area contributed by atoms with Gasteiger partial charge in [-0.15, -0.1) is 0 Å². The third-order valence-corrected chi connectivity index (χ3v) is 2.29. The number of nitrogen functional groups attached to an aromatic ring is 1. The van der Waals surface area contributed by atoms with E-state index in [4.69, 9.17) is 5.73 Å². The smallest absolute Gasteiger partial charge is 0.271 e. The van der Waals surface area contributed by atoms with Crippen molar-refractivity contribution in [2.75, 3.05) is 24.1 Å². The predicted molar refractivity (Wildman–Crippen MR) is 69.3 cm³/mol. The summed E-state index contributed by atoms with van der Waals surface area (Å²) in [7, 11) is 0. The molecule has 0 heterocycles. The summed E-state index contributed by atoms with van der Waals surface area (Å²) >= 11 is 0. The van der Waals surface area contributed by atoms with Crippen molar-refractivity contribution in [1.29, 1.82) is 0 Å². The Hall–Kier alpha value is -2.31. The summed E-state index contributed by atoms with van der Waals surface area (Å²) in [6.45, 7) is 2.87. The summed E-state index contributed by atoms with van der Waals surface area (Å²) in [5.41, 5.74) is 6.49. The summed E-state index contributed by atoms with van der Waals surface area (Å²) in [6.07, 6.45) is 0.324. The third kappa shape index (κ3) is 3.93. The molecule has 0 bridgehead atoms. The van der Waals surface area contributed by atoms with E-state index in [-0.39, 0.29) is 11.6 Å². The fourth-order valence-corrected chi connectivity index (χ4v) is 1.42. The van der Waals surface area contributed by atoms with Gasteiger partial charge in [0.05, 0.1) is 16.3 Å². The number of non-ortho nitro benzene ring substituents is 1. The lowest BCUT2D eigenvalue weighted by atomic mass is 10.2. The van der Waals surface area contributed by atoms with Crippen LogP contribution in [0, 0.1) is 10.1 Å². The molecule has 0 aromatic heterocycles. The average Bonchev–Trinajstić information content (AvgIpc) is 2.31. The Labute approximate surface area is 105 Å². The highest BCUT2D eigenvalue weighted by atomic mass is 16.6. The van der Waals surface area contributed by atoms with Gasteiger partial charge in [-0.2, -0.15) is 0 Å². The SMILES string of the molecule is CCNC(=O)CCNc1ccc([N+](=O)[O-])cc1N. The van der Waals surface area contributed by atoms with E-state index >= 15 is 0 Å². The number of carbonyl (C=O) groups excluding carboxylic acids is 1. The molecule has 0 saturated heterocycles. The quantitative estimate of drug-likeness (QED) is 0.399. The molecule has 0 aliphatic carbocycles. The molecule has 7 nitrogen and oxygen atoms in total. The maximum atomic E-state index is 11.2. The van der Waals surface area contributed by atoms with Crippen LogP contribution in [-0.2, 0) is 4.79 Å². The molecule has 0 saturated carbocycles. The topological polar surface area (TPSA) is 110 Å². The summed E-state index contributed by atoms with van der Waals surface area (Å²) in [4.78, 5) is 21.2. The van der Waals surface area contributed by atoms with Crippen molar-refractivity contribution in [2.24, 2.45) is 0 Å². The normalized spacial score (nSPS) is 9.83. The van der Waals surface area contributed by atoms with E-state index in [0.29, 0.717) is 30.9 Å². The van der Waals surface area contributed by atoms with E-state index < -0.39 is 4.92 Å². The number of nitro groups is 1. The highest BCUT2D eigenvalue weighted by molar-refractivity contribution is 5.77. The highest BCUT2D eigenvalue weighted by Crippen LogP contribution is 2.23. The first-order valence-corrected chi connectivity index (χ1v) is 5.59. The van der Waals surface area contributed by atoms with Gasteiger partial charge in [-0.1, -0.05) is 0 Å². The van der Waals surface area contributed by atoms with Crippen molar-refractivity contribution < 1.29 is 9.72 Å². The molecular weight excluding hydrogens is 236 g/mol.